The molecule has 0 bridgehead atoms. The molecule has 4 N–H and O–H groups in total. The lowest BCUT2D eigenvalue weighted by Crippen LogP contribution is -2.16. The molecule has 1 aromatic carbocycles. The van der Waals surface area contributed by atoms with Crippen LogP contribution < -0.4 is 16.2 Å². The fourth-order valence-corrected chi connectivity index (χ4v) is 2.88. The summed E-state index contributed by atoms with van der Waals surface area (Å²) in [6.45, 7) is 0. The summed E-state index contributed by atoms with van der Waals surface area (Å²) in [5.41, 5.74) is 15.3. The van der Waals surface area contributed by atoms with E-state index in [2.05, 4.69) is 14.7 Å². The Morgan fingerprint density at radius 3 is 2.32 bits per heavy atom. The average Bonchev–Trinajstić information content (AvgIpc) is 3.01. The van der Waals surface area contributed by atoms with Crippen molar-refractivity contribution in [3.8, 4) is 28.0 Å². The van der Waals surface area contributed by atoms with Gasteiger partial charge in [0, 0.05) is 29.1 Å². The molecule has 4 aromatic rings. The number of hydrogen-bond acceptors (Lipinski definition) is 5. The van der Waals surface area contributed by atoms with Gasteiger partial charge in [-0.05, 0) is 35.9 Å². The van der Waals surface area contributed by atoms with Crippen LogP contribution in [-0.2, 0) is 0 Å². The molecule has 0 aliphatic rings. The summed E-state index contributed by atoms with van der Waals surface area (Å²) >= 11 is 0. The highest BCUT2D eigenvalue weighted by Crippen LogP contribution is 2.32. The van der Waals surface area contributed by atoms with Crippen LogP contribution in [0.25, 0.3) is 27.9 Å². The third-order valence-corrected chi connectivity index (χ3v) is 4.12. The number of aromatic nitrogens is 3. The van der Waals surface area contributed by atoms with E-state index in [1.807, 2.05) is 24.4 Å². The van der Waals surface area contributed by atoms with Crippen molar-refractivity contribution < 1.29 is 17.9 Å². The molecular weight excluding hydrogens is 371 g/mol. The SMILES string of the molecule is Nc1cn2cc(-c3cnc(N)c(-c4ccc(OC(F)(F)F)cc4)c3)ccc2n1. The van der Waals surface area contributed by atoms with Gasteiger partial charge in [0.15, 0.2) is 0 Å². The number of imidazole rings is 1. The van der Waals surface area contributed by atoms with Gasteiger partial charge >= 0.3 is 6.36 Å². The van der Waals surface area contributed by atoms with Gasteiger partial charge in [-0.3, -0.25) is 0 Å². The average molecular weight is 385 g/mol. The van der Waals surface area contributed by atoms with Gasteiger partial charge in [-0.15, -0.1) is 13.2 Å². The zero-order valence-corrected chi connectivity index (χ0v) is 14.3. The molecule has 3 heterocycles. The lowest BCUT2D eigenvalue weighted by Gasteiger charge is -2.11. The first-order chi connectivity index (χ1) is 13.3. The Labute approximate surface area is 157 Å². The van der Waals surface area contributed by atoms with Crippen molar-refractivity contribution >= 4 is 17.3 Å². The predicted octanol–water partition coefficient (Wildman–Crippen LogP) is 4.13. The largest absolute Gasteiger partial charge is 0.573 e. The van der Waals surface area contributed by atoms with Crippen LogP contribution in [0.1, 0.15) is 0 Å². The highest BCUT2D eigenvalue weighted by molar-refractivity contribution is 5.79. The molecule has 3 aromatic heterocycles. The van der Waals surface area contributed by atoms with Gasteiger partial charge in [0.25, 0.3) is 0 Å². The van der Waals surface area contributed by atoms with Crippen LogP contribution in [0.4, 0.5) is 24.8 Å². The number of pyridine rings is 2. The fourth-order valence-electron chi connectivity index (χ4n) is 2.88. The standard InChI is InChI=1S/C19H14F3N5O/c20-19(21,22)28-14-4-1-11(2-5-14)15-7-13(8-25-18(15)24)12-3-6-17-26-16(23)10-27(17)9-12/h1-10H,23H2,(H2,24,25). The summed E-state index contributed by atoms with van der Waals surface area (Å²) in [5, 5.41) is 0. The third-order valence-electron chi connectivity index (χ3n) is 4.12. The van der Waals surface area contributed by atoms with Crippen molar-refractivity contribution in [2.75, 3.05) is 11.5 Å². The lowest BCUT2D eigenvalue weighted by atomic mass is 10.0. The summed E-state index contributed by atoms with van der Waals surface area (Å²) in [7, 11) is 0. The van der Waals surface area contributed by atoms with Crippen LogP contribution >= 0.6 is 0 Å². The van der Waals surface area contributed by atoms with Gasteiger partial charge in [-0.2, -0.15) is 0 Å². The van der Waals surface area contributed by atoms with E-state index in [1.54, 1.807) is 16.8 Å². The second-order valence-electron chi connectivity index (χ2n) is 6.08. The summed E-state index contributed by atoms with van der Waals surface area (Å²) < 4.78 is 42.6. The Hall–Kier alpha value is -3.75. The Kier molecular flexibility index (Phi) is 4.07. The smallest absolute Gasteiger partial charge is 0.406 e. The van der Waals surface area contributed by atoms with Gasteiger partial charge in [-0.1, -0.05) is 12.1 Å². The minimum Gasteiger partial charge on any atom is -0.406 e. The Balaban J connectivity index is 1.70. The van der Waals surface area contributed by atoms with E-state index in [9.17, 15) is 13.2 Å². The van der Waals surface area contributed by atoms with Crippen LogP contribution in [0.15, 0.2) is 61.1 Å². The van der Waals surface area contributed by atoms with E-state index in [4.69, 9.17) is 11.5 Å². The number of benzene rings is 1. The number of hydrogen-bond donors (Lipinski definition) is 2. The van der Waals surface area contributed by atoms with Crippen molar-refractivity contribution in [3.63, 3.8) is 0 Å². The van der Waals surface area contributed by atoms with Crippen molar-refractivity contribution in [1.29, 1.82) is 0 Å². The number of alkyl halides is 3. The molecule has 142 valence electrons. The molecule has 0 aliphatic carbocycles. The first-order valence-corrected chi connectivity index (χ1v) is 8.15. The predicted molar refractivity (Wildman–Crippen MR) is 99.4 cm³/mol. The first kappa shape index (κ1) is 17.7. The lowest BCUT2D eigenvalue weighted by molar-refractivity contribution is -0.274. The van der Waals surface area contributed by atoms with Crippen molar-refractivity contribution in [1.82, 2.24) is 14.4 Å². The van der Waals surface area contributed by atoms with E-state index < -0.39 is 6.36 Å². The number of nitrogen functional groups attached to an aromatic ring is 2. The van der Waals surface area contributed by atoms with Crippen LogP contribution in [0.2, 0.25) is 0 Å². The second kappa shape index (κ2) is 6.45. The number of rotatable bonds is 3. The molecular formula is C19H14F3N5O. The van der Waals surface area contributed by atoms with Gasteiger partial charge in [0.2, 0.25) is 0 Å². The molecule has 0 fully saturated rings. The van der Waals surface area contributed by atoms with Crippen molar-refractivity contribution in [2.24, 2.45) is 0 Å². The van der Waals surface area contributed by atoms with E-state index >= 15 is 0 Å². The third kappa shape index (κ3) is 3.54. The summed E-state index contributed by atoms with van der Waals surface area (Å²) in [6, 6.07) is 11.0. The minimum atomic E-state index is -4.74. The molecule has 28 heavy (non-hydrogen) atoms. The number of nitrogens with zero attached hydrogens (tertiary/aromatic N) is 3. The van der Waals surface area contributed by atoms with Gasteiger partial charge in [-0.25, -0.2) is 9.97 Å². The van der Waals surface area contributed by atoms with E-state index in [1.165, 1.54) is 24.3 Å². The molecule has 0 unspecified atom stereocenters. The molecule has 0 aliphatic heterocycles. The number of anilines is 2. The second-order valence-corrected chi connectivity index (χ2v) is 6.08. The molecule has 0 atom stereocenters. The quantitative estimate of drug-likeness (QED) is 0.553. The molecule has 0 saturated carbocycles. The molecule has 0 radical (unpaired) electrons. The summed E-state index contributed by atoms with van der Waals surface area (Å²) in [6.07, 6.45) is 0.443. The van der Waals surface area contributed by atoms with Crippen LogP contribution in [0.5, 0.6) is 5.75 Å². The normalized spacial score (nSPS) is 11.7. The molecule has 9 heteroatoms. The van der Waals surface area contributed by atoms with Crippen LogP contribution in [0.3, 0.4) is 0 Å². The summed E-state index contributed by atoms with van der Waals surface area (Å²) in [4.78, 5) is 8.39. The minimum absolute atomic E-state index is 0.265. The Bertz CT molecular complexity index is 1150. The van der Waals surface area contributed by atoms with Crippen molar-refractivity contribution in [3.05, 3.63) is 61.1 Å². The fraction of sp³-hybridized carbons (Fsp3) is 0.0526. The van der Waals surface area contributed by atoms with Crippen molar-refractivity contribution in [2.45, 2.75) is 6.36 Å². The van der Waals surface area contributed by atoms with E-state index in [0.29, 0.717) is 22.6 Å². The molecule has 0 spiro atoms. The first-order valence-electron chi connectivity index (χ1n) is 8.15. The molecule has 0 amide bonds. The monoisotopic (exact) mass is 385 g/mol. The maximum atomic E-state index is 12.3. The van der Waals surface area contributed by atoms with Gasteiger partial charge < -0.3 is 20.6 Å². The Morgan fingerprint density at radius 1 is 0.893 bits per heavy atom. The van der Waals surface area contributed by atoms with E-state index in [0.717, 1.165) is 11.1 Å². The highest BCUT2D eigenvalue weighted by atomic mass is 19.4. The molecule has 6 nitrogen and oxygen atoms in total. The highest BCUT2D eigenvalue weighted by Gasteiger charge is 2.31. The number of halogens is 3. The zero-order chi connectivity index (χ0) is 19.9. The molecule has 4 rings (SSSR count). The van der Waals surface area contributed by atoms with Gasteiger partial charge in [0.1, 0.15) is 23.0 Å². The molecule has 0 saturated heterocycles. The zero-order valence-electron chi connectivity index (χ0n) is 14.3. The number of fused-ring (bicyclic) bond motifs is 1. The topological polar surface area (TPSA) is 91.5 Å². The maximum Gasteiger partial charge on any atom is 0.573 e. The number of ether oxygens (including phenoxy) is 1. The van der Waals surface area contributed by atoms with Gasteiger partial charge in [0.05, 0.1) is 6.20 Å². The number of nitrogens with two attached hydrogens (primary N) is 2. The van der Waals surface area contributed by atoms with Crippen LogP contribution in [-0.4, -0.2) is 20.7 Å². The van der Waals surface area contributed by atoms with E-state index in [-0.39, 0.29) is 11.6 Å². The summed E-state index contributed by atoms with van der Waals surface area (Å²) in [5.74, 6) is 0.373. The Morgan fingerprint density at radius 2 is 1.61 bits per heavy atom. The maximum absolute atomic E-state index is 12.3. The van der Waals surface area contributed by atoms with Crippen LogP contribution in [0, 0.1) is 0 Å².